The van der Waals surface area contributed by atoms with E-state index in [-0.39, 0.29) is 36.4 Å². The van der Waals surface area contributed by atoms with Gasteiger partial charge in [-0.2, -0.15) is 0 Å². The van der Waals surface area contributed by atoms with Crippen LogP contribution in [0, 0.1) is 0 Å². The van der Waals surface area contributed by atoms with E-state index in [1.165, 1.54) is 19.1 Å². The molecule has 9 heteroatoms. The van der Waals surface area contributed by atoms with Crippen molar-refractivity contribution in [3.63, 3.8) is 0 Å². The second-order valence-electron chi connectivity index (χ2n) is 5.83. The summed E-state index contributed by atoms with van der Waals surface area (Å²) in [5.41, 5.74) is -0.427. The van der Waals surface area contributed by atoms with Gasteiger partial charge in [0, 0.05) is 18.1 Å². The lowest BCUT2D eigenvalue weighted by molar-refractivity contribution is -0.357. The lowest BCUT2D eigenvalue weighted by Crippen LogP contribution is -2.49. The zero-order chi connectivity index (χ0) is 18.6. The number of hydrogen-bond acceptors (Lipinski definition) is 8. The smallest absolute Gasteiger partial charge is 0.247 e. The average molecular weight is 345 g/mol. The Labute approximate surface area is 138 Å². The highest BCUT2D eigenvalue weighted by molar-refractivity contribution is 5.75. The number of hydrogen-bond donors (Lipinski definition) is 7. The van der Waals surface area contributed by atoms with Crippen molar-refractivity contribution < 1.29 is 40.2 Å². The summed E-state index contributed by atoms with van der Waals surface area (Å²) in [4.78, 5) is 10.7. The third-order valence-corrected chi connectivity index (χ3v) is 3.30. The first-order valence-electron chi connectivity index (χ1n) is 7.20. The van der Waals surface area contributed by atoms with E-state index in [9.17, 15) is 35.4 Å². The molecule has 1 aromatic rings. The maximum absolute atomic E-state index is 10.7. The standard InChI is InChI=1S/C15H23NO8/c1-13(18,19)6-3-7-24-10-4-5-11(12(8-10)16-9-17)15(22,23)14(2,20)21/h4-5,8-9,18-23H,3,6-7H2,1-2H3,(H,16,17). The zero-order valence-electron chi connectivity index (χ0n) is 13.4. The van der Waals surface area contributed by atoms with E-state index >= 15 is 0 Å². The number of amides is 1. The number of anilines is 1. The number of benzene rings is 1. The number of carbonyl (C=O) groups excluding carboxylic acids is 1. The second kappa shape index (κ2) is 7.43. The van der Waals surface area contributed by atoms with Crippen molar-refractivity contribution in [1.82, 2.24) is 0 Å². The Balaban J connectivity index is 2.93. The molecule has 0 spiro atoms. The van der Waals surface area contributed by atoms with Gasteiger partial charge in [-0.3, -0.25) is 4.79 Å². The summed E-state index contributed by atoms with van der Waals surface area (Å²) in [7, 11) is 0. The number of rotatable bonds is 9. The topological polar surface area (TPSA) is 160 Å². The van der Waals surface area contributed by atoms with Gasteiger partial charge in [-0.1, -0.05) is 0 Å². The van der Waals surface area contributed by atoms with Crippen molar-refractivity contribution in [2.24, 2.45) is 0 Å². The Bertz CT molecular complexity index is 560. The van der Waals surface area contributed by atoms with Crippen molar-refractivity contribution in [3.05, 3.63) is 23.8 Å². The first-order valence-corrected chi connectivity index (χ1v) is 7.20. The van der Waals surface area contributed by atoms with Crippen LogP contribution in [0.15, 0.2) is 18.2 Å². The largest absolute Gasteiger partial charge is 0.494 e. The molecule has 0 aromatic heterocycles. The normalized spacial score (nSPS) is 12.8. The van der Waals surface area contributed by atoms with Gasteiger partial charge < -0.3 is 40.7 Å². The summed E-state index contributed by atoms with van der Waals surface area (Å²) in [6.07, 6.45) is 0.721. The van der Waals surface area contributed by atoms with Gasteiger partial charge in [-0.05, 0) is 32.4 Å². The van der Waals surface area contributed by atoms with Gasteiger partial charge in [0.25, 0.3) is 0 Å². The molecule has 0 unspecified atom stereocenters. The molecule has 1 aromatic carbocycles. The van der Waals surface area contributed by atoms with Gasteiger partial charge in [0.15, 0.2) is 5.79 Å². The van der Waals surface area contributed by atoms with Gasteiger partial charge >= 0.3 is 0 Å². The Morgan fingerprint density at radius 3 is 2.25 bits per heavy atom. The molecule has 0 saturated heterocycles. The molecular formula is C15H23NO8. The molecule has 0 fully saturated rings. The van der Waals surface area contributed by atoms with Crippen LogP contribution in [0.5, 0.6) is 5.75 Å². The van der Waals surface area contributed by atoms with E-state index in [1.54, 1.807) is 0 Å². The van der Waals surface area contributed by atoms with Crippen molar-refractivity contribution in [3.8, 4) is 5.75 Å². The molecule has 0 aliphatic rings. The summed E-state index contributed by atoms with van der Waals surface area (Å²) in [5, 5.41) is 59.4. The molecule has 0 radical (unpaired) electrons. The summed E-state index contributed by atoms with van der Waals surface area (Å²) >= 11 is 0. The third kappa shape index (κ3) is 5.41. The molecular weight excluding hydrogens is 322 g/mol. The van der Waals surface area contributed by atoms with Gasteiger partial charge in [-0.25, -0.2) is 0 Å². The molecule has 136 valence electrons. The van der Waals surface area contributed by atoms with E-state index in [2.05, 4.69) is 5.32 Å². The van der Waals surface area contributed by atoms with E-state index < -0.39 is 17.4 Å². The highest BCUT2D eigenvalue weighted by Gasteiger charge is 2.46. The summed E-state index contributed by atoms with van der Waals surface area (Å²) in [5.74, 6) is -7.44. The Hall–Kier alpha value is -1.75. The number of aliphatic hydroxyl groups is 6. The minimum Gasteiger partial charge on any atom is -0.494 e. The van der Waals surface area contributed by atoms with Crippen LogP contribution in [-0.4, -0.2) is 55.2 Å². The lowest BCUT2D eigenvalue weighted by Gasteiger charge is -2.33. The van der Waals surface area contributed by atoms with Gasteiger partial charge in [0.1, 0.15) is 5.75 Å². The highest BCUT2D eigenvalue weighted by atomic mass is 16.6. The minimum absolute atomic E-state index is 0.0871. The van der Waals surface area contributed by atoms with E-state index in [0.717, 1.165) is 13.0 Å². The van der Waals surface area contributed by atoms with Crippen LogP contribution < -0.4 is 10.1 Å². The van der Waals surface area contributed by atoms with E-state index in [0.29, 0.717) is 6.42 Å². The van der Waals surface area contributed by atoms with Crippen LogP contribution in [0.1, 0.15) is 32.3 Å². The minimum atomic E-state index is -3.04. The molecule has 0 heterocycles. The molecule has 0 aliphatic heterocycles. The van der Waals surface area contributed by atoms with Gasteiger partial charge in [0.05, 0.1) is 12.3 Å². The molecule has 0 aliphatic carbocycles. The van der Waals surface area contributed by atoms with Crippen LogP contribution in [0.3, 0.4) is 0 Å². The van der Waals surface area contributed by atoms with Crippen LogP contribution in [-0.2, 0) is 10.6 Å². The quantitative estimate of drug-likeness (QED) is 0.170. The summed E-state index contributed by atoms with van der Waals surface area (Å²) in [6.45, 7) is 2.18. The SMILES string of the molecule is CC(O)(O)CCCOc1ccc(C(O)(O)C(C)(O)O)c(NC=O)c1. The Kier molecular flexibility index (Phi) is 6.28. The summed E-state index contributed by atoms with van der Waals surface area (Å²) < 4.78 is 5.38. The molecule has 9 nitrogen and oxygen atoms in total. The van der Waals surface area contributed by atoms with E-state index in [1.807, 2.05) is 0 Å². The molecule has 0 saturated carbocycles. The van der Waals surface area contributed by atoms with Crippen LogP contribution in [0.4, 0.5) is 5.69 Å². The molecule has 0 bridgehead atoms. The maximum atomic E-state index is 10.7. The first kappa shape index (κ1) is 20.3. The molecule has 24 heavy (non-hydrogen) atoms. The van der Waals surface area contributed by atoms with Crippen molar-refractivity contribution in [2.75, 3.05) is 11.9 Å². The highest BCUT2D eigenvalue weighted by Crippen LogP contribution is 2.35. The predicted octanol–water partition coefficient (Wildman–Crippen LogP) is -1.05. The summed E-state index contributed by atoms with van der Waals surface area (Å²) in [6, 6.07) is 3.77. The van der Waals surface area contributed by atoms with Crippen LogP contribution >= 0.6 is 0 Å². The maximum Gasteiger partial charge on any atom is 0.247 e. The number of carbonyl (C=O) groups is 1. The van der Waals surface area contributed by atoms with Crippen LogP contribution in [0.25, 0.3) is 0 Å². The van der Waals surface area contributed by atoms with Crippen molar-refractivity contribution >= 4 is 12.1 Å². The monoisotopic (exact) mass is 345 g/mol. The van der Waals surface area contributed by atoms with Crippen molar-refractivity contribution in [1.29, 1.82) is 0 Å². The number of nitrogens with one attached hydrogen (secondary N) is 1. The van der Waals surface area contributed by atoms with Gasteiger partial charge in [0.2, 0.25) is 18.0 Å². The average Bonchev–Trinajstić information content (AvgIpc) is 2.42. The molecule has 0 atom stereocenters. The van der Waals surface area contributed by atoms with Crippen molar-refractivity contribution in [2.45, 2.75) is 44.1 Å². The molecule has 7 N–H and O–H groups in total. The Morgan fingerprint density at radius 1 is 1.12 bits per heavy atom. The van der Waals surface area contributed by atoms with Gasteiger partial charge in [-0.15, -0.1) is 0 Å². The van der Waals surface area contributed by atoms with Crippen LogP contribution in [0.2, 0.25) is 0 Å². The van der Waals surface area contributed by atoms with E-state index in [4.69, 9.17) is 4.74 Å². The lowest BCUT2D eigenvalue weighted by atomic mass is 9.96. The fraction of sp³-hybridized carbons (Fsp3) is 0.533. The Morgan fingerprint density at radius 2 is 1.75 bits per heavy atom. The predicted molar refractivity (Wildman–Crippen MR) is 82.7 cm³/mol. The zero-order valence-corrected chi connectivity index (χ0v) is 13.4. The third-order valence-electron chi connectivity index (χ3n) is 3.30. The fourth-order valence-electron chi connectivity index (χ4n) is 1.95. The molecule has 1 amide bonds. The molecule has 1 rings (SSSR count). The first-order chi connectivity index (χ1) is 10.9. The fourth-order valence-corrected chi connectivity index (χ4v) is 1.95. The number of ether oxygens (including phenoxy) is 1. The second-order valence-corrected chi connectivity index (χ2v) is 5.83.